The SMILES string of the molecule is COc1ccc(-c2nc(C(C)=O)cn2-c2ccc(CCOS(C)(=O)=O)cc2)cc1. The fourth-order valence-corrected chi connectivity index (χ4v) is 3.21. The molecule has 0 amide bonds. The van der Waals surface area contributed by atoms with Crippen molar-refractivity contribution in [3.05, 3.63) is 66.0 Å². The first kappa shape index (κ1) is 20.8. The number of rotatable bonds is 8. The third-order valence-corrected chi connectivity index (χ3v) is 4.91. The summed E-state index contributed by atoms with van der Waals surface area (Å²) in [5.74, 6) is 1.26. The number of carbonyl (C=O) groups excluding carboxylic acids is 1. The topological polar surface area (TPSA) is 87.5 Å². The summed E-state index contributed by atoms with van der Waals surface area (Å²) in [7, 11) is -1.84. The van der Waals surface area contributed by atoms with E-state index in [4.69, 9.17) is 8.92 Å². The first-order valence-corrected chi connectivity index (χ1v) is 10.8. The lowest BCUT2D eigenvalue weighted by Gasteiger charge is -2.10. The van der Waals surface area contributed by atoms with Crippen molar-refractivity contribution in [2.75, 3.05) is 20.0 Å². The van der Waals surface area contributed by atoms with Gasteiger partial charge in [0.05, 0.1) is 20.0 Å². The van der Waals surface area contributed by atoms with Crippen molar-refractivity contribution in [3.63, 3.8) is 0 Å². The van der Waals surface area contributed by atoms with E-state index in [0.717, 1.165) is 28.8 Å². The number of ketones is 1. The fourth-order valence-electron chi connectivity index (χ4n) is 2.82. The van der Waals surface area contributed by atoms with Crippen LogP contribution < -0.4 is 4.74 Å². The average molecular weight is 414 g/mol. The van der Waals surface area contributed by atoms with Gasteiger partial charge < -0.3 is 4.74 Å². The van der Waals surface area contributed by atoms with Crippen molar-refractivity contribution in [1.82, 2.24) is 9.55 Å². The Hall–Kier alpha value is -2.97. The molecule has 0 aliphatic rings. The monoisotopic (exact) mass is 414 g/mol. The molecule has 3 aromatic rings. The van der Waals surface area contributed by atoms with Crippen LogP contribution in [0.3, 0.4) is 0 Å². The number of nitrogens with zero attached hydrogens (tertiary/aromatic N) is 2. The van der Waals surface area contributed by atoms with Gasteiger partial charge >= 0.3 is 0 Å². The zero-order valence-electron chi connectivity index (χ0n) is 16.5. The van der Waals surface area contributed by atoms with Gasteiger partial charge in [0.25, 0.3) is 10.1 Å². The number of Topliss-reactive ketones (excluding diaryl/α,β-unsaturated/α-hetero) is 1. The van der Waals surface area contributed by atoms with Gasteiger partial charge in [0.1, 0.15) is 17.3 Å². The van der Waals surface area contributed by atoms with E-state index < -0.39 is 10.1 Å². The van der Waals surface area contributed by atoms with Gasteiger partial charge in [-0.05, 0) is 48.4 Å². The molecule has 29 heavy (non-hydrogen) atoms. The smallest absolute Gasteiger partial charge is 0.264 e. The molecular weight excluding hydrogens is 392 g/mol. The number of hydrogen-bond acceptors (Lipinski definition) is 6. The van der Waals surface area contributed by atoms with Crippen LogP contribution in [0.4, 0.5) is 0 Å². The molecule has 0 N–H and O–H groups in total. The molecule has 0 atom stereocenters. The highest BCUT2D eigenvalue weighted by Gasteiger charge is 2.14. The molecule has 0 saturated carbocycles. The summed E-state index contributed by atoms with van der Waals surface area (Å²) in [6.07, 6.45) is 3.22. The molecule has 7 nitrogen and oxygen atoms in total. The summed E-state index contributed by atoms with van der Waals surface area (Å²) < 4.78 is 34.0. The van der Waals surface area contributed by atoms with E-state index >= 15 is 0 Å². The lowest BCUT2D eigenvalue weighted by molar-refractivity contribution is 0.101. The van der Waals surface area contributed by atoms with Crippen LogP contribution in [0.25, 0.3) is 17.1 Å². The van der Waals surface area contributed by atoms with Gasteiger partial charge in [0, 0.05) is 24.4 Å². The summed E-state index contributed by atoms with van der Waals surface area (Å²) in [5, 5.41) is 0. The van der Waals surface area contributed by atoms with Gasteiger partial charge in [0.2, 0.25) is 0 Å². The van der Waals surface area contributed by atoms with E-state index in [2.05, 4.69) is 4.98 Å². The highest BCUT2D eigenvalue weighted by atomic mass is 32.2. The maximum atomic E-state index is 11.9. The van der Waals surface area contributed by atoms with E-state index in [-0.39, 0.29) is 12.4 Å². The van der Waals surface area contributed by atoms with E-state index in [9.17, 15) is 13.2 Å². The highest BCUT2D eigenvalue weighted by Crippen LogP contribution is 2.25. The van der Waals surface area contributed by atoms with E-state index in [1.165, 1.54) is 6.92 Å². The number of imidazole rings is 1. The Kier molecular flexibility index (Phi) is 6.14. The highest BCUT2D eigenvalue weighted by molar-refractivity contribution is 7.85. The lowest BCUT2D eigenvalue weighted by Crippen LogP contribution is -2.06. The third-order valence-electron chi connectivity index (χ3n) is 4.32. The van der Waals surface area contributed by atoms with Crippen LogP contribution in [0.5, 0.6) is 5.75 Å². The largest absolute Gasteiger partial charge is 0.497 e. The number of methoxy groups -OCH3 is 1. The van der Waals surface area contributed by atoms with Crippen molar-refractivity contribution in [2.45, 2.75) is 13.3 Å². The minimum absolute atomic E-state index is 0.0921. The zero-order valence-corrected chi connectivity index (χ0v) is 17.3. The minimum Gasteiger partial charge on any atom is -0.497 e. The minimum atomic E-state index is -3.45. The molecule has 0 aliphatic heterocycles. The van der Waals surface area contributed by atoms with Gasteiger partial charge in [-0.15, -0.1) is 0 Å². The van der Waals surface area contributed by atoms with Crippen molar-refractivity contribution < 1.29 is 22.1 Å². The van der Waals surface area contributed by atoms with Gasteiger partial charge in [-0.3, -0.25) is 13.5 Å². The number of benzene rings is 2. The molecule has 3 rings (SSSR count). The maximum absolute atomic E-state index is 11.9. The Balaban J connectivity index is 1.89. The predicted molar refractivity (Wildman–Crippen MR) is 110 cm³/mol. The molecule has 0 radical (unpaired) electrons. The number of hydrogen-bond donors (Lipinski definition) is 0. The fraction of sp³-hybridized carbons (Fsp3) is 0.238. The Morgan fingerprint density at radius 1 is 1.07 bits per heavy atom. The Bertz CT molecular complexity index is 1100. The van der Waals surface area contributed by atoms with Crippen molar-refractivity contribution in [3.8, 4) is 22.8 Å². The van der Waals surface area contributed by atoms with Gasteiger partial charge in [0.15, 0.2) is 5.78 Å². The normalized spacial score (nSPS) is 11.4. The molecule has 0 bridgehead atoms. The standard InChI is InChI=1S/C21H22N2O5S/c1-15(24)20-14-23(21(22-20)17-6-10-19(27-2)11-7-17)18-8-4-16(5-9-18)12-13-28-29(3,25)26/h4-11,14H,12-13H2,1-3H3. The summed E-state index contributed by atoms with van der Waals surface area (Å²) in [5.41, 5.74) is 3.00. The maximum Gasteiger partial charge on any atom is 0.264 e. The molecule has 0 spiro atoms. The van der Waals surface area contributed by atoms with Crippen LogP contribution in [0.15, 0.2) is 54.7 Å². The molecule has 2 aromatic carbocycles. The van der Waals surface area contributed by atoms with E-state index in [0.29, 0.717) is 17.9 Å². The van der Waals surface area contributed by atoms with Gasteiger partial charge in [-0.1, -0.05) is 12.1 Å². The summed E-state index contributed by atoms with van der Waals surface area (Å²) in [6, 6.07) is 15.0. The lowest BCUT2D eigenvalue weighted by atomic mass is 10.1. The van der Waals surface area contributed by atoms with Crippen LogP contribution in [-0.2, 0) is 20.7 Å². The second kappa shape index (κ2) is 8.59. The van der Waals surface area contributed by atoms with Gasteiger partial charge in [-0.25, -0.2) is 4.98 Å². The Morgan fingerprint density at radius 2 is 1.72 bits per heavy atom. The molecule has 0 aliphatic carbocycles. The number of carbonyl (C=O) groups is 1. The average Bonchev–Trinajstić information content (AvgIpc) is 3.13. The second-order valence-corrected chi connectivity index (χ2v) is 8.19. The van der Waals surface area contributed by atoms with E-state index in [1.807, 2.05) is 53.1 Å². The summed E-state index contributed by atoms with van der Waals surface area (Å²) >= 11 is 0. The predicted octanol–water partition coefficient (Wildman–Crippen LogP) is 3.27. The molecule has 8 heteroatoms. The quantitative estimate of drug-likeness (QED) is 0.415. The molecule has 1 aromatic heterocycles. The third kappa shape index (κ3) is 5.30. The van der Waals surface area contributed by atoms with Crippen LogP contribution in [-0.4, -0.2) is 43.7 Å². The van der Waals surface area contributed by atoms with Crippen molar-refractivity contribution in [1.29, 1.82) is 0 Å². The zero-order chi connectivity index (χ0) is 21.0. The Morgan fingerprint density at radius 3 is 2.28 bits per heavy atom. The first-order chi connectivity index (χ1) is 13.8. The number of ether oxygens (including phenoxy) is 1. The molecular formula is C21H22N2O5S. The van der Waals surface area contributed by atoms with Crippen LogP contribution in [0, 0.1) is 0 Å². The van der Waals surface area contributed by atoms with E-state index in [1.54, 1.807) is 13.3 Å². The second-order valence-electron chi connectivity index (χ2n) is 6.55. The molecule has 1 heterocycles. The molecule has 0 saturated heterocycles. The summed E-state index contributed by atoms with van der Waals surface area (Å²) in [6.45, 7) is 1.57. The van der Waals surface area contributed by atoms with Crippen molar-refractivity contribution >= 4 is 15.9 Å². The molecule has 0 unspecified atom stereocenters. The molecule has 152 valence electrons. The number of aromatic nitrogens is 2. The molecule has 0 fully saturated rings. The van der Waals surface area contributed by atoms with Gasteiger partial charge in [-0.2, -0.15) is 8.42 Å². The van der Waals surface area contributed by atoms with Crippen LogP contribution in [0.1, 0.15) is 23.0 Å². The van der Waals surface area contributed by atoms with Crippen LogP contribution >= 0.6 is 0 Å². The van der Waals surface area contributed by atoms with Crippen LogP contribution in [0.2, 0.25) is 0 Å². The Labute approximate surface area is 170 Å². The summed E-state index contributed by atoms with van der Waals surface area (Å²) in [4.78, 5) is 16.4. The first-order valence-electron chi connectivity index (χ1n) is 8.95. The van der Waals surface area contributed by atoms with Crippen molar-refractivity contribution in [2.24, 2.45) is 0 Å².